The van der Waals surface area contributed by atoms with Crippen molar-refractivity contribution in [1.82, 2.24) is 4.90 Å². The van der Waals surface area contributed by atoms with E-state index in [-0.39, 0.29) is 12.0 Å². The summed E-state index contributed by atoms with van der Waals surface area (Å²) in [7, 11) is 0. The van der Waals surface area contributed by atoms with Crippen molar-refractivity contribution < 1.29 is 9.53 Å². The second-order valence-corrected chi connectivity index (χ2v) is 10.0. The topological polar surface area (TPSA) is 58.8 Å². The van der Waals surface area contributed by atoms with Gasteiger partial charge in [0.2, 0.25) is 0 Å². The lowest BCUT2D eigenvalue weighted by Crippen LogP contribution is -2.32. The number of anilines is 2. The third-order valence-corrected chi connectivity index (χ3v) is 7.17. The van der Waals surface area contributed by atoms with Gasteiger partial charge in [-0.25, -0.2) is 0 Å². The van der Waals surface area contributed by atoms with E-state index >= 15 is 0 Å². The van der Waals surface area contributed by atoms with Gasteiger partial charge in [0.05, 0.1) is 6.10 Å². The lowest BCUT2D eigenvalue weighted by Gasteiger charge is -2.33. The SMILES string of the molecule is CC(C)Oc1ccccc1C1CCN(Cc2ccc(C(=O)N3CCc4ccc(N)cc43)cc2)CC1. The molecule has 3 aromatic carbocycles. The second-order valence-electron chi connectivity index (χ2n) is 10.0. The number of carbonyl (C=O) groups is 1. The molecule has 1 saturated heterocycles. The number of nitrogens with zero attached hydrogens (tertiary/aromatic N) is 2. The Morgan fingerprint density at radius 3 is 2.49 bits per heavy atom. The van der Waals surface area contributed by atoms with Gasteiger partial charge in [-0.2, -0.15) is 0 Å². The van der Waals surface area contributed by atoms with Crippen LogP contribution in [0, 0.1) is 0 Å². The van der Waals surface area contributed by atoms with E-state index in [0.717, 1.165) is 55.9 Å². The highest BCUT2D eigenvalue weighted by Crippen LogP contribution is 2.35. The number of nitrogens with two attached hydrogens (primary N) is 1. The molecule has 0 spiro atoms. The Balaban J connectivity index is 1.18. The smallest absolute Gasteiger partial charge is 0.258 e. The van der Waals surface area contributed by atoms with Crippen LogP contribution in [0.1, 0.15) is 59.7 Å². The van der Waals surface area contributed by atoms with Crippen LogP contribution in [0.3, 0.4) is 0 Å². The number of piperidine rings is 1. The van der Waals surface area contributed by atoms with Crippen LogP contribution in [0.5, 0.6) is 5.75 Å². The molecule has 2 N–H and O–H groups in total. The van der Waals surface area contributed by atoms with Crippen LogP contribution in [0.25, 0.3) is 0 Å². The van der Waals surface area contributed by atoms with Crippen molar-refractivity contribution >= 4 is 17.3 Å². The molecule has 3 aromatic rings. The Morgan fingerprint density at radius 1 is 1.00 bits per heavy atom. The summed E-state index contributed by atoms with van der Waals surface area (Å²) in [6, 6.07) is 22.5. The van der Waals surface area contributed by atoms with Gasteiger partial charge in [-0.15, -0.1) is 0 Å². The standard InChI is InChI=1S/C30H35N3O2/c1-21(2)35-29-6-4-3-5-27(29)23-13-16-32(17-14-23)20-22-7-9-25(10-8-22)30(34)33-18-15-24-11-12-26(31)19-28(24)33/h3-12,19,21,23H,13-18,20,31H2,1-2H3. The minimum atomic E-state index is 0.0454. The molecule has 1 amide bonds. The number of para-hydroxylation sites is 1. The number of nitrogen functional groups attached to an aromatic ring is 1. The minimum Gasteiger partial charge on any atom is -0.491 e. The summed E-state index contributed by atoms with van der Waals surface area (Å²) in [6.07, 6.45) is 3.33. The predicted molar refractivity (Wildman–Crippen MR) is 142 cm³/mol. The van der Waals surface area contributed by atoms with Gasteiger partial charge in [0.1, 0.15) is 5.75 Å². The maximum atomic E-state index is 13.2. The maximum absolute atomic E-state index is 13.2. The van der Waals surface area contributed by atoms with Crippen LogP contribution >= 0.6 is 0 Å². The van der Waals surface area contributed by atoms with E-state index in [4.69, 9.17) is 10.5 Å². The summed E-state index contributed by atoms with van der Waals surface area (Å²) in [5.41, 5.74) is 12.1. The van der Waals surface area contributed by atoms with Gasteiger partial charge in [-0.3, -0.25) is 9.69 Å². The zero-order valence-corrected chi connectivity index (χ0v) is 20.7. The van der Waals surface area contributed by atoms with Gasteiger partial charge in [0, 0.05) is 30.0 Å². The average Bonchev–Trinajstić information content (AvgIpc) is 3.28. The molecule has 0 bridgehead atoms. The molecule has 0 radical (unpaired) electrons. The average molecular weight is 470 g/mol. The molecule has 0 saturated carbocycles. The van der Waals surface area contributed by atoms with Gasteiger partial charge in [0.25, 0.3) is 5.91 Å². The molecule has 2 aliphatic heterocycles. The first-order valence-corrected chi connectivity index (χ1v) is 12.7. The quantitative estimate of drug-likeness (QED) is 0.475. The van der Waals surface area contributed by atoms with Crippen molar-refractivity contribution in [2.75, 3.05) is 30.3 Å². The number of amides is 1. The summed E-state index contributed by atoms with van der Waals surface area (Å²) in [4.78, 5) is 17.5. The lowest BCUT2D eigenvalue weighted by molar-refractivity contribution is 0.0989. The summed E-state index contributed by atoms with van der Waals surface area (Å²) in [5.74, 6) is 1.62. The fraction of sp³-hybridized carbons (Fsp3) is 0.367. The first-order valence-electron chi connectivity index (χ1n) is 12.7. The van der Waals surface area contributed by atoms with Crippen molar-refractivity contribution in [3.63, 3.8) is 0 Å². The predicted octanol–water partition coefficient (Wildman–Crippen LogP) is 5.64. The van der Waals surface area contributed by atoms with Crippen LogP contribution < -0.4 is 15.4 Å². The lowest BCUT2D eigenvalue weighted by atomic mass is 9.88. The molecule has 182 valence electrons. The molecular formula is C30H35N3O2. The van der Waals surface area contributed by atoms with Crippen LogP contribution in [0.4, 0.5) is 11.4 Å². The van der Waals surface area contributed by atoms with Gasteiger partial charge in [-0.05, 0) is 99.1 Å². The first-order chi connectivity index (χ1) is 17.0. The van der Waals surface area contributed by atoms with Crippen molar-refractivity contribution in [3.8, 4) is 5.75 Å². The van der Waals surface area contributed by atoms with E-state index in [1.807, 2.05) is 35.2 Å². The zero-order chi connectivity index (χ0) is 24.4. The van der Waals surface area contributed by atoms with E-state index in [1.165, 1.54) is 16.7 Å². The molecule has 1 fully saturated rings. The Labute approximate surface area is 208 Å². The third-order valence-electron chi connectivity index (χ3n) is 7.17. The molecule has 5 heteroatoms. The molecule has 5 rings (SSSR count). The van der Waals surface area contributed by atoms with Gasteiger partial charge >= 0.3 is 0 Å². The van der Waals surface area contributed by atoms with Gasteiger partial charge in [-0.1, -0.05) is 36.4 Å². The number of carbonyl (C=O) groups excluding carboxylic acids is 1. The van der Waals surface area contributed by atoms with Crippen LogP contribution in [0.15, 0.2) is 66.7 Å². The van der Waals surface area contributed by atoms with Crippen molar-refractivity contribution in [3.05, 3.63) is 89.0 Å². The highest BCUT2D eigenvalue weighted by atomic mass is 16.5. The number of hydrogen-bond donors (Lipinski definition) is 1. The summed E-state index contributed by atoms with van der Waals surface area (Å²) in [5, 5.41) is 0. The third kappa shape index (κ3) is 5.20. The van der Waals surface area contributed by atoms with E-state index in [2.05, 4.69) is 55.1 Å². The van der Waals surface area contributed by atoms with E-state index in [1.54, 1.807) is 0 Å². The second kappa shape index (κ2) is 10.1. The molecule has 35 heavy (non-hydrogen) atoms. The fourth-order valence-electron chi connectivity index (χ4n) is 5.36. The number of benzene rings is 3. The number of likely N-dealkylation sites (tertiary alicyclic amines) is 1. The van der Waals surface area contributed by atoms with E-state index < -0.39 is 0 Å². The Hall–Kier alpha value is -3.31. The summed E-state index contributed by atoms with van der Waals surface area (Å²) < 4.78 is 6.06. The van der Waals surface area contributed by atoms with Crippen molar-refractivity contribution in [2.45, 2.75) is 51.7 Å². The first kappa shape index (κ1) is 23.4. The molecule has 0 atom stereocenters. The largest absolute Gasteiger partial charge is 0.491 e. The van der Waals surface area contributed by atoms with Crippen LogP contribution in [-0.2, 0) is 13.0 Å². The number of fused-ring (bicyclic) bond motifs is 1. The zero-order valence-electron chi connectivity index (χ0n) is 20.7. The van der Waals surface area contributed by atoms with Crippen LogP contribution in [0.2, 0.25) is 0 Å². The maximum Gasteiger partial charge on any atom is 0.258 e. The normalized spacial score (nSPS) is 16.5. The molecule has 2 aliphatic rings. The Morgan fingerprint density at radius 2 is 1.74 bits per heavy atom. The summed E-state index contributed by atoms with van der Waals surface area (Å²) >= 11 is 0. The number of rotatable bonds is 6. The Bertz CT molecular complexity index is 1180. The van der Waals surface area contributed by atoms with Gasteiger partial charge < -0.3 is 15.4 Å². The van der Waals surface area contributed by atoms with Crippen molar-refractivity contribution in [2.24, 2.45) is 0 Å². The number of hydrogen-bond acceptors (Lipinski definition) is 4. The Kier molecular flexibility index (Phi) is 6.78. The van der Waals surface area contributed by atoms with E-state index in [0.29, 0.717) is 18.2 Å². The van der Waals surface area contributed by atoms with Crippen LogP contribution in [-0.4, -0.2) is 36.5 Å². The molecule has 2 heterocycles. The monoisotopic (exact) mass is 469 g/mol. The van der Waals surface area contributed by atoms with Gasteiger partial charge in [0.15, 0.2) is 0 Å². The highest BCUT2D eigenvalue weighted by molar-refractivity contribution is 6.07. The molecule has 0 aliphatic carbocycles. The van der Waals surface area contributed by atoms with Crippen molar-refractivity contribution in [1.29, 1.82) is 0 Å². The van der Waals surface area contributed by atoms with E-state index in [9.17, 15) is 4.79 Å². The minimum absolute atomic E-state index is 0.0454. The fourth-order valence-corrected chi connectivity index (χ4v) is 5.36. The highest BCUT2D eigenvalue weighted by Gasteiger charge is 2.26. The molecule has 0 aromatic heterocycles. The molecule has 5 nitrogen and oxygen atoms in total. The summed E-state index contributed by atoms with van der Waals surface area (Å²) in [6.45, 7) is 7.91. The number of ether oxygens (including phenoxy) is 1. The molecular weight excluding hydrogens is 434 g/mol. The molecule has 0 unspecified atom stereocenters.